The summed E-state index contributed by atoms with van der Waals surface area (Å²) in [6.45, 7) is 8.04. The zero-order valence-corrected chi connectivity index (χ0v) is 30.3. The lowest BCUT2D eigenvalue weighted by Crippen LogP contribution is -2.47. The van der Waals surface area contributed by atoms with Gasteiger partial charge in [0.15, 0.2) is 0 Å². The quantitative estimate of drug-likeness (QED) is 0.137. The van der Waals surface area contributed by atoms with Gasteiger partial charge in [0.25, 0.3) is 11.5 Å². The van der Waals surface area contributed by atoms with Crippen molar-refractivity contribution in [2.75, 3.05) is 23.8 Å². The molecule has 6 rings (SSSR count). The molecule has 3 amide bonds. The van der Waals surface area contributed by atoms with E-state index in [2.05, 4.69) is 81.9 Å². The Bertz CT molecular complexity index is 2370. The molecular formula is C42H42N6O4. The van der Waals surface area contributed by atoms with Gasteiger partial charge in [0.05, 0.1) is 17.7 Å². The largest absolute Gasteiger partial charge is 0.374 e. The normalized spacial score (nSPS) is 14.0. The Hall–Kier alpha value is -6.21. The number of amides is 3. The number of carbonyl (C=O) groups excluding carboxylic acids is 3. The molecule has 0 saturated carbocycles. The van der Waals surface area contributed by atoms with Gasteiger partial charge < -0.3 is 20.1 Å². The molecule has 1 saturated heterocycles. The van der Waals surface area contributed by atoms with Crippen LogP contribution in [0, 0.1) is 32.6 Å². The number of hydrogen-bond acceptors (Lipinski definition) is 7. The van der Waals surface area contributed by atoms with Crippen LogP contribution in [-0.2, 0) is 23.1 Å². The van der Waals surface area contributed by atoms with Crippen molar-refractivity contribution in [3.8, 4) is 23.0 Å². The van der Waals surface area contributed by atoms with E-state index in [-0.39, 0.29) is 29.8 Å². The number of hydrogen-bond donors (Lipinski definition) is 3. The Morgan fingerprint density at radius 3 is 2.54 bits per heavy atom. The van der Waals surface area contributed by atoms with Crippen molar-refractivity contribution in [3.63, 3.8) is 0 Å². The van der Waals surface area contributed by atoms with E-state index in [0.29, 0.717) is 24.1 Å². The molecule has 10 nitrogen and oxygen atoms in total. The molecule has 1 aliphatic heterocycles. The first-order chi connectivity index (χ1) is 24.9. The van der Waals surface area contributed by atoms with E-state index in [4.69, 9.17) is 0 Å². The van der Waals surface area contributed by atoms with Crippen molar-refractivity contribution < 1.29 is 14.4 Å². The minimum absolute atomic E-state index is 0.0108. The SMILES string of the molecule is CCc1cc(N(C)c2ccc(-c3cnc(C(=O)NCC#Cc4cccc(NC5CCC(=O)NC5=O)c4)c(C)c3)c(C)c2)c2cc(C)c(=O)n(C)c2c1. The Morgan fingerprint density at radius 1 is 1.00 bits per heavy atom. The number of fused-ring (bicyclic) bond motifs is 1. The number of piperidine rings is 1. The minimum Gasteiger partial charge on any atom is -0.374 e. The van der Waals surface area contributed by atoms with Crippen molar-refractivity contribution in [1.29, 1.82) is 0 Å². The summed E-state index contributed by atoms with van der Waals surface area (Å²) in [4.78, 5) is 56.0. The Labute approximate surface area is 303 Å². The number of pyridine rings is 2. The molecule has 0 aliphatic carbocycles. The van der Waals surface area contributed by atoms with Crippen LogP contribution < -0.4 is 26.4 Å². The molecule has 0 spiro atoms. The third kappa shape index (κ3) is 7.44. The van der Waals surface area contributed by atoms with E-state index in [1.54, 1.807) is 10.8 Å². The number of carbonyl (C=O) groups is 3. The van der Waals surface area contributed by atoms with Gasteiger partial charge in [0.2, 0.25) is 11.8 Å². The second kappa shape index (κ2) is 15.0. The first-order valence-corrected chi connectivity index (χ1v) is 17.4. The number of nitrogens with zero attached hydrogens (tertiary/aromatic N) is 3. The van der Waals surface area contributed by atoms with E-state index >= 15 is 0 Å². The minimum atomic E-state index is -0.480. The maximum Gasteiger partial charge on any atom is 0.270 e. The molecule has 3 N–H and O–H groups in total. The highest BCUT2D eigenvalue weighted by Crippen LogP contribution is 2.35. The average Bonchev–Trinajstić information content (AvgIpc) is 3.13. The van der Waals surface area contributed by atoms with Gasteiger partial charge in [-0.25, -0.2) is 0 Å². The van der Waals surface area contributed by atoms with Gasteiger partial charge in [-0.3, -0.25) is 29.5 Å². The highest BCUT2D eigenvalue weighted by Gasteiger charge is 2.26. The summed E-state index contributed by atoms with van der Waals surface area (Å²) >= 11 is 0. The highest BCUT2D eigenvalue weighted by molar-refractivity contribution is 6.01. The predicted molar refractivity (Wildman–Crippen MR) is 206 cm³/mol. The van der Waals surface area contributed by atoms with Crippen LogP contribution in [0.15, 0.2) is 77.7 Å². The average molecular weight is 695 g/mol. The Balaban J connectivity index is 1.13. The fourth-order valence-corrected chi connectivity index (χ4v) is 6.59. The van der Waals surface area contributed by atoms with Gasteiger partial charge in [-0.15, -0.1) is 0 Å². The number of anilines is 3. The molecule has 264 valence electrons. The van der Waals surface area contributed by atoms with Crippen LogP contribution in [0.4, 0.5) is 17.1 Å². The summed E-state index contributed by atoms with van der Waals surface area (Å²) in [5.74, 6) is 5.12. The fourth-order valence-electron chi connectivity index (χ4n) is 6.59. The van der Waals surface area contributed by atoms with Crippen LogP contribution in [0.3, 0.4) is 0 Å². The predicted octanol–water partition coefficient (Wildman–Crippen LogP) is 5.85. The molecule has 3 aromatic carbocycles. The van der Waals surface area contributed by atoms with Gasteiger partial charge in [0.1, 0.15) is 11.7 Å². The summed E-state index contributed by atoms with van der Waals surface area (Å²) in [7, 11) is 3.87. The van der Waals surface area contributed by atoms with E-state index < -0.39 is 6.04 Å². The first kappa shape index (κ1) is 35.6. The summed E-state index contributed by atoms with van der Waals surface area (Å²) in [5, 5.41) is 9.36. The van der Waals surface area contributed by atoms with E-state index in [1.807, 2.05) is 64.3 Å². The summed E-state index contributed by atoms with van der Waals surface area (Å²) in [6, 6.07) is 21.4. The Kier molecular flexibility index (Phi) is 10.2. The molecule has 2 aromatic heterocycles. The van der Waals surface area contributed by atoms with Crippen molar-refractivity contribution in [2.45, 2.75) is 53.0 Å². The maximum absolute atomic E-state index is 13.0. The smallest absolute Gasteiger partial charge is 0.270 e. The molecule has 1 unspecified atom stereocenters. The van der Waals surface area contributed by atoms with Gasteiger partial charge in [-0.05, 0) is 110 Å². The molecule has 1 atom stereocenters. The van der Waals surface area contributed by atoms with Crippen molar-refractivity contribution in [3.05, 3.63) is 117 Å². The van der Waals surface area contributed by atoms with Crippen LogP contribution >= 0.6 is 0 Å². The zero-order chi connectivity index (χ0) is 37.1. The van der Waals surface area contributed by atoms with Gasteiger partial charge in [-0.1, -0.05) is 30.9 Å². The van der Waals surface area contributed by atoms with Crippen molar-refractivity contribution in [2.24, 2.45) is 7.05 Å². The second-order valence-corrected chi connectivity index (χ2v) is 13.3. The van der Waals surface area contributed by atoms with Crippen molar-refractivity contribution >= 4 is 45.7 Å². The van der Waals surface area contributed by atoms with Crippen LogP contribution in [0.1, 0.15) is 58.1 Å². The van der Waals surface area contributed by atoms with E-state index in [9.17, 15) is 19.2 Å². The van der Waals surface area contributed by atoms with Crippen LogP contribution in [0.2, 0.25) is 0 Å². The number of benzene rings is 3. The van der Waals surface area contributed by atoms with Crippen LogP contribution in [0.5, 0.6) is 0 Å². The number of aromatic nitrogens is 2. The molecule has 52 heavy (non-hydrogen) atoms. The topological polar surface area (TPSA) is 125 Å². The summed E-state index contributed by atoms with van der Waals surface area (Å²) < 4.78 is 1.73. The number of imide groups is 1. The highest BCUT2D eigenvalue weighted by atomic mass is 16.2. The summed E-state index contributed by atoms with van der Waals surface area (Å²) in [5.41, 5.74) is 10.4. The number of nitrogens with one attached hydrogen (secondary N) is 3. The molecule has 3 heterocycles. The summed E-state index contributed by atoms with van der Waals surface area (Å²) in [6.07, 6.45) is 3.31. The van der Waals surface area contributed by atoms with Gasteiger partial charge >= 0.3 is 0 Å². The third-order valence-electron chi connectivity index (χ3n) is 9.54. The van der Waals surface area contributed by atoms with Gasteiger partial charge in [-0.2, -0.15) is 0 Å². The first-order valence-electron chi connectivity index (χ1n) is 17.4. The molecule has 5 aromatic rings. The fraction of sp³-hybridized carbons (Fsp3) is 0.262. The van der Waals surface area contributed by atoms with Gasteiger partial charge in [0, 0.05) is 60.2 Å². The molecule has 10 heteroatoms. The monoisotopic (exact) mass is 694 g/mol. The number of aryl methyl sites for hydroxylation is 5. The molecule has 0 bridgehead atoms. The maximum atomic E-state index is 13.0. The third-order valence-corrected chi connectivity index (χ3v) is 9.54. The second-order valence-electron chi connectivity index (χ2n) is 13.3. The lowest BCUT2D eigenvalue weighted by Gasteiger charge is -2.24. The molecule has 1 aliphatic rings. The van der Waals surface area contributed by atoms with Crippen LogP contribution in [0.25, 0.3) is 22.0 Å². The lowest BCUT2D eigenvalue weighted by molar-refractivity contribution is -0.133. The molecule has 0 radical (unpaired) electrons. The zero-order valence-electron chi connectivity index (χ0n) is 30.3. The van der Waals surface area contributed by atoms with E-state index in [1.165, 1.54) is 0 Å². The molecule has 1 fully saturated rings. The van der Waals surface area contributed by atoms with Crippen molar-refractivity contribution in [1.82, 2.24) is 20.2 Å². The number of rotatable bonds is 8. The molecular weight excluding hydrogens is 653 g/mol. The van der Waals surface area contributed by atoms with E-state index in [0.717, 1.165) is 67.8 Å². The standard InChI is InChI=1S/C42H42N6O4/c1-7-28-22-36(34-20-27(4)42(52)48(6)37(34)23-28)47(5)32-13-14-33(25(2)19-32)30-18-26(3)39(44-24-30)41(51)43-17-9-11-29-10-8-12-31(21-29)45-35-15-16-38(49)46-40(35)50/h8,10,12-14,18-24,35,45H,7,15-17H2,1-6H3,(H,43,51)(H,46,49,50). The Morgan fingerprint density at radius 2 is 1.81 bits per heavy atom. The van der Waals surface area contributed by atoms with Crippen LogP contribution in [-0.4, -0.2) is 46.9 Å². The lowest BCUT2D eigenvalue weighted by atomic mass is 9.98.